The van der Waals surface area contributed by atoms with E-state index in [0.29, 0.717) is 12.3 Å². The van der Waals surface area contributed by atoms with E-state index in [1.54, 1.807) is 0 Å². The zero-order chi connectivity index (χ0) is 11.0. The third-order valence-electron chi connectivity index (χ3n) is 3.38. The van der Waals surface area contributed by atoms with Crippen molar-refractivity contribution in [2.75, 3.05) is 13.2 Å². The van der Waals surface area contributed by atoms with Gasteiger partial charge in [-0.3, -0.25) is 0 Å². The third-order valence-corrected chi connectivity index (χ3v) is 3.38. The molecule has 0 aliphatic carbocycles. The van der Waals surface area contributed by atoms with Crippen LogP contribution in [0, 0.1) is 5.92 Å². The van der Waals surface area contributed by atoms with Crippen molar-refractivity contribution in [1.82, 2.24) is 14.8 Å². The second kappa shape index (κ2) is 4.14. The lowest BCUT2D eigenvalue weighted by atomic mass is 10.1. The van der Waals surface area contributed by atoms with Crippen molar-refractivity contribution in [2.45, 2.75) is 38.3 Å². The summed E-state index contributed by atoms with van der Waals surface area (Å²) in [6.45, 7) is 2.51. The van der Waals surface area contributed by atoms with Gasteiger partial charge in [-0.1, -0.05) is 0 Å². The van der Waals surface area contributed by atoms with E-state index in [1.807, 2.05) is 4.68 Å². The monoisotopic (exact) mass is 223 g/mol. The molecule has 1 N–H and O–H groups in total. The van der Waals surface area contributed by atoms with Gasteiger partial charge in [0.25, 0.3) is 0 Å². The minimum absolute atomic E-state index is 0.237. The van der Waals surface area contributed by atoms with Crippen LogP contribution in [0.5, 0.6) is 0 Å². The molecular weight excluding hydrogens is 206 g/mol. The van der Waals surface area contributed by atoms with Crippen LogP contribution >= 0.6 is 0 Å². The molecule has 0 amide bonds. The lowest BCUT2D eigenvalue weighted by molar-refractivity contribution is 0.138. The molecule has 0 spiro atoms. The Bertz CT molecular complexity index is 371. The Kier molecular flexibility index (Phi) is 2.65. The Hall–Kier alpha value is -0.940. The summed E-state index contributed by atoms with van der Waals surface area (Å²) in [7, 11) is 0. The molecule has 1 aromatic rings. The van der Waals surface area contributed by atoms with E-state index < -0.39 is 0 Å². The van der Waals surface area contributed by atoms with Crippen LogP contribution in [0.25, 0.3) is 0 Å². The lowest BCUT2D eigenvalue weighted by Gasteiger charge is -2.16. The van der Waals surface area contributed by atoms with Gasteiger partial charge in [0.1, 0.15) is 5.82 Å². The molecular formula is C11H17N3O2. The summed E-state index contributed by atoms with van der Waals surface area (Å²) in [5, 5.41) is 14.0. The molecule has 2 unspecified atom stereocenters. The van der Waals surface area contributed by atoms with E-state index in [-0.39, 0.29) is 6.10 Å². The second-order valence-electron chi connectivity index (χ2n) is 4.75. The fourth-order valence-electron chi connectivity index (χ4n) is 2.43. The third kappa shape index (κ3) is 1.97. The van der Waals surface area contributed by atoms with Crippen molar-refractivity contribution < 1.29 is 9.84 Å². The van der Waals surface area contributed by atoms with Crippen LogP contribution in [0.3, 0.4) is 0 Å². The van der Waals surface area contributed by atoms with Gasteiger partial charge < -0.3 is 9.84 Å². The van der Waals surface area contributed by atoms with Gasteiger partial charge in [0, 0.05) is 32.6 Å². The molecule has 88 valence electrons. The Morgan fingerprint density at radius 3 is 3.19 bits per heavy atom. The number of fused-ring (bicyclic) bond motifs is 1. The van der Waals surface area contributed by atoms with Gasteiger partial charge in [-0.05, 0) is 18.8 Å². The summed E-state index contributed by atoms with van der Waals surface area (Å²) in [4.78, 5) is 4.50. The summed E-state index contributed by atoms with van der Waals surface area (Å²) < 4.78 is 7.29. The van der Waals surface area contributed by atoms with Gasteiger partial charge in [-0.2, -0.15) is 5.10 Å². The van der Waals surface area contributed by atoms with E-state index in [9.17, 15) is 5.11 Å². The minimum atomic E-state index is -0.237. The minimum Gasteiger partial charge on any atom is -0.393 e. The first-order valence-electron chi connectivity index (χ1n) is 5.99. The van der Waals surface area contributed by atoms with Crippen LogP contribution in [-0.2, 0) is 24.1 Å². The van der Waals surface area contributed by atoms with Crippen molar-refractivity contribution >= 4 is 0 Å². The van der Waals surface area contributed by atoms with Gasteiger partial charge in [-0.25, -0.2) is 9.67 Å². The molecule has 1 saturated heterocycles. The van der Waals surface area contributed by atoms with Crippen molar-refractivity contribution in [3.63, 3.8) is 0 Å². The fraction of sp³-hybridized carbons (Fsp3) is 0.818. The topological polar surface area (TPSA) is 60.2 Å². The average molecular weight is 223 g/mol. The molecule has 16 heavy (non-hydrogen) atoms. The summed E-state index contributed by atoms with van der Waals surface area (Å²) in [5.74, 6) is 2.43. The Morgan fingerprint density at radius 1 is 1.44 bits per heavy atom. The van der Waals surface area contributed by atoms with Crippen LogP contribution in [0.2, 0.25) is 0 Å². The van der Waals surface area contributed by atoms with E-state index in [4.69, 9.17) is 4.74 Å². The molecule has 5 heteroatoms. The van der Waals surface area contributed by atoms with E-state index in [1.165, 1.54) is 0 Å². The average Bonchev–Trinajstić information content (AvgIpc) is 2.86. The zero-order valence-electron chi connectivity index (χ0n) is 9.30. The highest BCUT2D eigenvalue weighted by Crippen LogP contribution is 2.18. The molecule has 1 fully saturated rings. The van der Waals surface area contributed by atoms with Gasteiger partial charge >= 0.3 is 0 Å². The molecule has 0 radical (unpaired) electrons. The van der Waals surface area contributed by atoms with Crippen molar-refractivity contribution in [1.29, 1.82) is 0 Å². The van der Waals surface area contributed by atoms with Gasteiger partial charge in [0.05, 0.1) is 6.10 Å². The predicted molar refractivity (Wildman–Crippen MR) is 57.0 cm³/mol. The molecule has 2 aliphatic rings. The summed E-state index contributed by atoms with van der Waals surface area (Å²) in [6, 6.07) is 0. The highest BCUT2D eigenvalue weighted by Gasteiger charge is 2.22. The standard InChI is InChI=1S/C11H17N3O2/c15-9-1-3-14-11(6-9)12-10(13-14)5-8-2-4-16-7-8/h8-9,15H,1-7H2. The molecule has 1 aromatic heterocycles. The van der Waals surface area contributed by atoms with Gasteiger partial charge in [-0.15, -0.1) is 0 Å². The molecule has 3 rings (SSSR count). The molecule has 2 atom stereocenters. The SMILES string of the molecule is OC1CCn2nc(CC3CCOC3)nc2C1. The number of ether oxygens (including phenoxy) is 1. The smallest absolute Gasteiger partial charge is 0.151 e. The zero-order valence-corrected chi connectivity index (χ0v) is 9.30. The number of nitrogens with zero attached hydrogens (tertiary/aromatic N) is 3. The first-order chi connectivity index (χ1) is 7.81. The summed E-state index contributed by atoms with van der Waals surface area (Å²) >= 11 is 0. The van der Waals surface area contributed by atoms with Gasteiger partial charge in [0.15, 0.2) is 5.82 Å². The highest BCUT2D eigenvalue weighted by atomic mass is 16.5. The number of aliphatic hydroxyl groups excluding tert-OH is 1. The Labute approximate surface area is 94.4 Å². The van der Waals surface area contributed by atoms with E-state index in [0.717, 1.165) is 50.7 Å². The van der Waals surface area contributed by atoms with Crippen molar-refractivity contribution in [2.24, 2.45) is 5.92 Å². The maximum Gasteiger partial charge on any atom is 0.151 e. The number of aryl methyl sites for hydroxylation is 1. The normalized spacial score (nSPS) is 29.3. The van der Waals surface area contributed by atoms with Crippen LogP contribution in [0.4, 0.5) is 0 Å². The quantitative estimate of drug-likeness (QED) is 0.776. The number of hydrogen-bond acceptors (Lipinski definition) is 4. The maximum absolute atomic E-state index is 9.55. The number of hydrogen-bond donors (Lipinski definition) is 1. The molecule has 0 aromatic carbocycles. The van der Waals surface area contributed by atoms with Crippen molar-refractivity contribution in [3.8, 4) is 0 Å². The predicted octanol–water partition coefficient (Wildman–Crippen LogP) is 0.164. The largest absolute Gasteiger partial charge is 0.393 e. The number of aliphatic hydroxyl groups is 1. The first-order valence-corrected chi connectivity index (χ1v) is 5.99. The number of rotatable bonds is 2. The number of aromatic nitrogens is 3. The van der Waals surface area contributed by atoms with Crippen LogP contribution in [0.15, 0.2) is 0 Å². The van der Waals surface area contributed by atoms with E-state index in [2.05, 4.69) is 10.1 Å². The van der Waals surface area contributed by atoms with Crippen LogP contribution in [0.1, 0.15) is 24.5 Å². The van der Waals surface area contributed by atoms with Gasteiger partial charge in [0.2, 0.25) is 0 Å². The van der Waals surface area contributed by atoms with Crippen LogP contribution < -0.4 is 0 Å². The lowest BCUT2D eigenvalue weighted by Crippen LogP contribution is -2.23. The molecule has 3 heterocycles. The molecule has 0 saturated carbocycles. The first kappa shape index (κ1) is 10.2. The Balaban J connectivity index is 1.71. The van der Waals surface area contributed by atoms with Crippen molar-refractivity contribution in [3.05, 3.63) is 11.6 Å². The Morgan fingerprint density at radius 2 is 2.38 bits per heavy atom. The summed E-state index contributed by atoms with van der Waals surface area (Å²) in [6.07, 6.45) is 3.23. The maximum atomic E-state index is 9.55. The second-order valence-corrected chi connectivity index (χ2v) is 4.75. The van der Waals surface area contributed by atoms with Crippen LogP contribution in [-0.4, -0.2) is 39.2 Å². The fourth-order valence-corrected chi connectivity index (χ4v) is 2.43. The van der Waals surface area contributed by atoms with E-state index >= 15 is 0 Å². The highest BCUT2D eigenvalue weighted by molar-refractivity contribution is 4.99. The molecule has 5 nitrogen and oxygen atoms in total. The molecule has 0 bridgehead atoms. The molecule has 2 aliphatic heterocycles. The summed E-state index contributed by atoms with van der Waals surface area (Å²) in [5.41, 5.74) is 0.